The second-order valence-electron chi connectivity index (χ2n) is 6.10. The second-order valence-corrected chi connectivity index (χ2v) is 6.10. The number of rotatable bonds is 7. The lowest BCUT2D eigenvalue weighted by atomic mass is 10.1. The molecular formula is C21H20N2O6. The van der Waals surface area contributed by atoms with Gasteiger partial charge in [-0.2, -0.15) is 4.73 Å². The van der Waals surface area contributed by atoms with Crippen molar-refractivity contribution in [1.29, 1.82) is 0 Å². The molecule has 0 aliphatic rings. The van der Waals surface area contributed by atoms with E-state index in [1.807, 2.05) is 0 Å². The first-order valence-corrected chi connectivity index (χ1v) is 9.00. The lowest BCUT2D eigenvalue weighted by molar-refractivity contribution is -0.581. The van der Waals surface area contributed by atoms with Gasteiger partial charge in [0.15, 0.2) is 5.69 Å². The first-order valence-electron chi connectivity index (χ1n) is 9.00. The van der Waals surface area contributed by atoms with Crippen LogP contribution in [-0.2, 0) is 27.3 Å². The molecule has 2 aromatic carbocycles. The molecule has 0 saturated carbocycles. The summed E-state index contributed by atoms with van der Waals surface area (Å²) in [5.41, 5.74) is 1.11. The van der Waals surface area contributed by atoms with Crippen molar-refractivity contribution in [2.75, 3.05) is 13.7 Å². The van der Waals surface area contributed by atoms with Crippen LogP contribution in [0.4, 0.5) is 0 Å². The monoisotopic (exact) mass is 396 g/mol. The maximum Gasteiger partial charge on any atom is 0.407 e. The van der Waals surface area contributed by atoms with Gasteiger partial charge in [0.05, 0.1) is 20.1 Å². The smallest absolute Gasteiger partial charge is 0.407 e. The van der Waals surface area contributed by atoms with Crippen LogP contribution in [-0.4, -0.2) is 30.6 Å². The second kappa shape index (κ2) is 9.01. The number of para-hydroxylation sites is 2. The van der Waals surface area contributed by atoms with Crippen LogP contribution in [0.25, 0.3) is 11.0 Å². The molecule has 0 aliphatic heterocycles. The molecule has 0 N–H and O–H groups in total. The summed E-state index contributed by atoms with van der Waals surface area (Å²) >= 11 is 0. The van der Waals surface area contributed by atoms with Crippen molar-refractivity contribution >= 4 is 23.0 Å². The van der Waals surface area contributed by atoms with Crippen LogP contribution in [0.3, 0.4) is 0 Å². The van der Waals surface area contributed by atoms with E-state index in [-0.39, 0.29) is 36.5 Å². The minimum Gasteiger partial charge on any atom is -0.618 e. The number of nitrogens with zero attached hydrogens (tertiary/aromatic N) is 2. The zero-order chi connectivity index (χ0) is 20.8. The number of carbonyl (C=O) groups excluding carboxylic acids is 2. The predicted octanol–water partition coefficient (Wildman–Crippen LogP) is 2.34. The molecule has 0 saturated heterocycles. The highest BCUT2D eigenvalue weighted by Crippen LogP contribution is 2.15. The Morgan fingerprint density at radius 2 is 1.79 bits per heavy atom. The van der Waals surface area contributed by atoms with E-state index in [0.29, 0.717) is 16.0 Å². The van der Waals surface area contributed by atoms with Crippen LogP contribution in [0.15, 0.2) is 48.5 Å². The fraction of sp³-hybridized carbons (Fsp3) is 0.238. The quantitative estimate of drug-likeness (QED) is 0.343. The van der Waals surface area contributed by atoms with Gasteiger partial charge < -0.3 is 19.4 Å². The van der Waals surface area contributed by atoms with E-state index in [9.17, 15) is 14.8 Å². The van der Waals surface area contributed by atoms with E-state index >= 15 is 0 Å². The number of ether oxygens (including phenoxy) is 3. The molecule has 150 valence electrons. The van der Waals surface area contributed by atoms with E-state index in [4.69, 9.17) is 14.2 Å². The molecule has 0 fully saturated rings. The van der Waals surface area contributed by atoms with E-state index in [1.54, 1.807) is 62.6 Å². The summed E-state index contributed by atoms with van der Waals surface area (Å²) < 4.78 is 15.8. The molecule has 29 heavy (non-hydrogen) atoms. The van der Waals surface area contributed by atoms with Crippen molar-refractivity contribution in [3.05, 3.63) is 70.7 Å². The van der Waals surface area contributed by atoms with Crippen molar-refractivity contribution in [3.63, 3.8) is 0 Å². The van der Waals surface area contributed by atoms with E-state index in [1.165, 1.54) is 0 Å². The first-order chi connectivity index (χ1) is 14.0. The summed E-state index contributed by atoms with van der Waals surface area (Å²) in [6, 6.07) is 13.6. The Labute approximate surface area is 167 Å². The SMILES string of the molecule is CCOC(=O)c1c(COC(=O)Cc2ccc(OC)cc2)nc2ccccc2[n+]1[O-]. The number of aromatic nitrogens is 2. The number of esters is 2. The van der Waals surface area contributed by atoms with E-state index < -0.39 is 11.9 Å². The van der Waals surface area contributed by atoms with Gasteiger partial charge in [-0.25, -0.2) is 9.78 Å². The third kappa shape index (κ3) is 4.60. The molecule has 0 bridgehead atoms. The number of methoxy groups -OCH3 is 1. The maximum atomic E-state index is 12.7. The molecule has 0 aliphatic carbocycles. The van der Waals surface area contributed by atoms with Gasteiger partial charge in [0.25, 0.3) is 0 Å². The highest BCUT2D eigenvalue weighted by Gasteiger charge is 2.28. The largest absolute Gasteiger partial charge is 0.618 e. The third-order valence-corrected chi connectivity index (χ3v) is 4.18. The number of hydrogen-bond donors (Lipinski definition) is 0. The molecule has 3 rings (SSSR count). The summed E-state index contributed by atoms with van der Waals surface area (Å²) in [5, 5.41) is 12.7. The zero-order valence-corrected chi connectivity index (χ0v) is 16.1. The van der Waals surface area contributed by atoms with Gasteiger partial charge >= 0.3 is 17.6 Å². The topological polar surface area (TPSA) is 102 Å². The molecular weight excluding hydrogens is 376 g/mol. The highest BCUT2D eigenvalue weighted by atomic mass is 16.5. The molecule has 8 nitrogen and oxygen atoms in total. The fourth-order valence-corrected chi connectivity index (χ4v) is 2.78. The van der Waals surface area contributed by atoms with Crippen LogP contribution >= 0.6 is 0 Å². The molecule has 0 amide bonds. The summed E-state index contributed by atoms with van der Waals surface area (Å²) in [7, 11) is 1.56. The molecule has 8 heteroatoms. The Morgan fingerprint density at radius 3 is 2.48 bits per heavy atom. The van der Waals surface area contributed by atoms with Gasteiger partial charge in [0, 0.05) is 6.07 Å². The molecule has 1 heterocycles. The Balaban J connectivity index is 1.81. The summed E-state index contributed by atoms with van der Waals surface area (Å²) in [6.45, 7) is 1.41. The third-order valence-electron chi connectivity index (χ3n) is 4.18. The fourth-order valence-electron chi connectivity index (χ4n) is 2.78. The van der Waals surface area contributed by atoms with E-state index in [2.05, 4.69) is 4.98 Å². The van der Waals surface area contributed by atoms with Gasteiger partial charge in [0.1, 0.15) is 17.9 Å². The Kier molecular flexibility index (Phi) is 6.23. The molecule has 3 aromatic rings. The van der Waals surface area contributed by atoms with Crippen molar-refractivity contribution in [2.24, 2.45) is 0 Å². The lowest BCUT2D eigenvalue weighted by Crippen LogP contribution is -2.39. The molecule has 0 atom stereocenters. The Morgan fingerprint density at radius 1 is 1.07 bits per heavy atom. The normalized spacial score (nSPS) is 10.6. The predicted molar refractivity (Wildman–Crippen MR) is 103 cm³/mol. The minimum atomic E-state index is -0.818. The van der Waals surface area contributed by atoms with Gasteiger partial charge in [-0.15, -0.1) is 0 Å². The first kappa shape index (κ1) is 20.1. The summed E-state index contributed by atoms with van der Waals surface area (Å²) in [4.78, 5) is 28.8. The summed E-state index contributed by atoms with van der Waals surface area (Å²) in [6.07, 6.45) is 0.0314. The number of carbonyl (C=O) groups is 2. The number of benzene rings is 2. The Hall–Kier alpha value is -3.68. The molecule has 1 aromatic heterocycles. The van der Waals surface area contributed by atoms with Crippen molar-refractivity contribution < 1.29 is 28.5 Å². The van der Waals surface area contributed by atoms with Crippen LogP contribution in [0.2, 0.25) is 0 Å². The number of fused-ring (bicyclic) bond motifs is 1. The zero-order valence-electron chi connectivity index (χ0n) is 16.1. The van der Waals surface area contributed by atoms with Crippen LogP contribution in [0, 0.1) is 5.21 Å². The van der Waals surface area contributed by atoms with Crippen LogP contribution < -0.4 is 9.47 Å². The van der Waals surface area contributed by atoms with Crippen molar-refractivity contribution in [1.82, 2.24) is 4.98 Å². The van der Waals surface area contributed by atoms with E-state index in [0.717, 1.165) is 5.56 Å². The van der Waals surface area contributed by atoms with Gasteiger partial charge in [-0.05, 0) is 30.7 Å². The number of hydrogen-bond acceptors (Lipinski definition) is 7. The van der Waals surface area contributed by atoms with Crippen LogP contribution in [0.1, 0.15) is 28.7 Å². The molecule has 0 spiro atoms. The lowest BCUT2D eigenvalue weighted by Gasteiger charge is -2.11. The molecule has 0 unspecified atom stereocenters. The van der Waals surface area contributed by atoms with Crippen molar-refractivity contribution in [3.8, 4) is 5.75 Å². The standard InChI is InChI=1S/C21H20N2O6/c1-3-28-21(25)20-17(22-16-6-4-5-7-18(16)23(20)26)13-29-19(24)12-14-8-10-15(27-2)11-9-14/h4-11H,3,12-13H2,1-2H3. The average Bonchev–Trinajstić information content (AvgIpc) is 2.73. The van der Waals surface area contributed by atoms with Crippen LogP contribution in [0.5, 0.6) is 5.75 Å². The Bertz CT molecular complexity index is 1030. The van der Waals surface area contributed by atoms with Gasteiger partial charge in [-0.3, -0.25) is 4.79 Å². The average molecular weight is 396 g/mol. The maximum absolute atomic E-state index is 12.7. The van der Waals surface area contributed by atoms with Gasteiger partial charge in [-0.1, -0.05) is 24.3 Å². The van der Waals surface area contributed by atoms with Crippen molar-refractivity contribution in [2.45, 2.75) is 20.0 Å². The highest BCUT2D eigenvalue weighted by molar-refractivity contribution is 5.88. The minimum absolute atomic E-state index is 0.0314. The van der Waals surface area contributed by atoms with Gasteiger partial charge in [0.2, 0.25) is 5.52 Å². The summed E-state index contributed by atoms with van der Waals surface area (Å²) in [5.74, 6) is -0.652. The molecule has 0 radical (unpaired) electrons.